The molecule has 0 radical (unpaired) electrons. The maximum absolute atomic E-state index is 15.2. The Kier molecular flexibility index (Phi) is 5.28. The van der Waals surface area contributed by atoms with Crippen molar-refractivity contribution in [1.29, 1.82) is 0 Å². The Labute approximate surface area is 200 Å². The number of aryl methyl sites for hydroxylation is 1. The molecule has 9 nitrogen and oxygen atoms in total. The average molecular weight is 481 g/mol. The lowest BCUT2D eigenvalue weighted by molar-refractivity contribution is 0.312. The molecule has 0 unspecified atom stereocenters. The molecule has 0 bridgehead atoms. The second-order valence-corrected chi connectivity index (χ2v) is 9.30. The fourth-order valence-corrected chi connectivity index (χ4v) is 4.36. The molecule has 3 aromatic heterocycles. The zero-order valence-corrected chi connectivity index (χ0v) is 19.5. The third kappa shape index (κ3) is 4.39. The molecule has 4 aromatic rings. The first-order valence-corrected chi connectivity index (χ1v) is 11.7. The van der Waals surface area contributed by atoms with E-state index in [-0.39, 0.29) is 17.2 Å². The first-order chi connectivity index (χ1) is 16.9. The number of H-pyrrole nitrogens is 2. The molecule has 182 valence electrons. The van der Waals surface area contributed by atoms with Crippen molar-refractivity contribution in [3.8, 4) is 11.6 Å². The second-order valence-electron chi connectivity index (χ2n) is 9.30. The monoisotopic (exact) mass is 480 g/mol. The second kappa shape index (κ2) is 8.49. The number of benzene rings is 1. The average Bonchev–Trinajstić information content (AvgIpc) is 3.47. The summed E-state index contributed by atoms with van der Waals surface area (Å²) in [5.41, 5.74) is 2.17. The number of fused-ring (bicyclic) bond motifs is 1. The fourth-order valence-electron chi connectivity index (χ4n) is 4.36. The fraction of sp³-hybridized carbons (Fsp3) is 0.375. The van der Waals surface area contributed by atoms with Crippen molar-refractivity contribution in [1.82, 2.24) is 30.0 Å². The van der Waals surface area contributed by atoms with Gasteiger partial charge in [-0.15, -0.1) is 0 Å². The largest absolute Gasteiger partial charge is 0.433 e. The van der Waals surface area contributed by atoms with E-state index in [4.69, 9.17) is 4.74 Å². The molecule has 4 heterocycles. The quantitative estimate of drug-likeness (QED) is 0.376. The molecule has 2 fully saturated rings. The molecule has 1 saturated carbocycles. The summed E-state index contributed by atoms with van der Waals surface area (Å²) in [5, 5.41) is 10.7. The number of likely N-dealkylation sites (N-methyl/N-ethyl adjacent to an activating group) is 1. The van der Waals surface area contributed by atoms with E-state index in [0.717, 1.165) is 50.4 Å². The van der Waals surface area contributed by atoms with Crippen molar-refractivity contribution in [2.75, 3.05) is 43.4 Å². The van der Waals surface area contributed by atoms with E-state index in [1.807, 2.05) is 6.07 Å². The molecule has 0 atom stereocenters. The number of hydrogen-bond acceptors (Lipinski definition) is 7. The molecule has 1 aromatic carbocycles. The minimum Gasteiger partial charge on any atom is -0.433 e. The Bertz CT molecular complexity index is 1390. The minimum absolute atomic E-state index is 0.0405. The van der Waals surface area contributed by atoms with Crippen LogP contribution in [0.25, 0.3) is 10.9 Å². The summed E-state index contributed by atoms with van der Waals surface area (Å²) in [7, 11) is 2.07. The molecular weight excluding hydrogens is 454 g/mol. The van der Waals surface area contributed by atoms with E-state index >= 15 is 4.39 Å². The van der Waals surface area contributed by atoms with Gasteiger partial charge in [-0.1, -0.05) is 0 Å². The van der Waals surface area contributed by atoms with Crippen LogP contribution in [0, 0.1) is 18.6 Å². The van der Waals surface area contributed by atoms with E-state index in [1.54, 1.807) is 19.1 Å². The minimum atomic E-state index is -0.813. The maximum Gasteiger partial charge on any atom is 0.233 e. The van der Waals surface area contributed by atoms with Crippen LogP contribution in [0.5, 0.6) is 11.6 Å². The van der Waals surface area contributed by atoms with Gasteiger partial charge in [-0.3, -0.25) is 5.10 Å². The molecule has 1 saturated heterocycles. The summed E-state index contributed by atoms with van der Waals surface area (Å²) in [6.45, 7) is 5.06. The number of anilines is 3. The zero-order valence-electron chi connectivity index (χ0n) is 19.5. The van der Waals surface area contributed by atoms with Crippen molar-refractivity contribution in [3.63, 3.8) is 0 Å². The standard InChI is InChI=1S/C24H26F2N8O/c1-13-9-15-18(27-13)10-16(25)23(22(15)26)35-21-12-20(34-7-5-33(2)6-8-34)29-24(30-21)28-19-11-17(31-32-19)14-3-4-14/h9-12,14,27H,3-8H2,1-2H3,(H2,28,29,30,31,32). The molecule has 35 heavy (non-hydrogen) atoms. The number of nitrogens with zero attached hydrogens (tertiary/aromatic N) is 5. The van der Waals surface area contributed by atoms with E-state index < -0.39 is 17.4 Å². The molecule has 0 spiro atoms. The third-order valence-corrected chi connectivity index (χ3v) is 6.48. The van der Waals surface area contributed by atoms with Gasteiger partial charge in [0.1, 0.15) is 5.82 Å². The molecule has 1 aliphatic heterocycles. The van der Waals surface area contributed by atoms with Crippen molar-refractivity contribution in [2.24, 2.45) is 0 Å². The smallest absolute Gasteiger partial charge is 0.233 e. The van der Waals surface area contributed by atoms with Gasteiger partial charge in [0.25, 0.3) is 0 Å². The summed E-state index contributed by atoms with van der Waals surface area (Å²) >= 11 is 0. The number of rotatable bonds is 6. The van der Waals surface area contributed by atoms with Crippen LogP contribution >= 0.6 is 0 Å². The van der Waals surface area contributed by atoms with Gasteiger partial charge < -0.3 is 24.8 Å². The van der Waals surface area contributed by atoms with Crippen LogP contribution in [0.15, 0.2) is 24.3 Å². The van der Waals surface area contributed by atoms with Crippen LogP contribution in [0.1, 0.15) is 30.1 Å². The van der Waals surface area contributed by atoms with Crippen LogP contribution in [0.2, 0.25) is 0 Å². The lowest BCUT2D eigenvalue weighted by Crippen LogP contribution is -2.44. The van der Waals surface area contributed by atoms with Crippen molar-refractivity contribution < 1.29 is 13.5 Å². The highest BCUT2D eigenvalue weighted by atomic mass is 19.1. The molecule has 6 rings (SSSR count). The lowest BCUT2D eigenvalue weighted by Gasteiger charge is -2.33. The Morgan fingerprint density at radius 3 is 2.63 bits per heavy atom. The highest BCUT2D eigenvalue weighted by Crippen LogP contribution is 2.40. The first-order valence-electron chi connectivity index (χ1n) is 11.7. The van der Waals surface area contributed by atoms with Crippen molar-refractivity contribution >= 4 is 28.5 Å². The summed E-state index contributed by atoms with van der Waals surface area (Å²) in [5.74, 6) is -0.0948. The maximum atomic E-state index is 15.2. The topological polar surface area (TPSA) is 98.0 Å². The predicted octanol–water partition coefficient (Wildman–Crippen LogP) is 4.43. The Morgan fingerprint density at radius 2 is 1.86 bits per heavy atom. The SMILES string of the molecule is Cc1cc2c(F)c(Oc3cc(N4CCN(C)CC4)nc(Nc4cc(C5CC5)[nH]n4)n3)c(F)cc2[nH]1. The van der Waals surface area contributed by atoms with E-state index in [9.17, 15) is 4.39 Å². The van der Waals surface area contributed by atoms with E-state index in [1.165, 1.54) is 6.07 Å². The van der Waals surface area contributed by atoms with E-state index in [0.29, 0.717) is 23.1 Å². The predicted molar refractivity (Wildman–Crippen MR) is 129 cm³/mol. The molecular formula is C24H26F2N8O. The van der Waals surface area contributed by atoms with Crippen LogP contribution in [0.4, 0.5) is 26.4 Å². The van der Waals surface area contributed by atoms with Crippen LogP contribution < -0.4 is 15.0 Å². The summed E-state index contributed by atoms with van der Waals surface area (Å²) in [4.78, 5) is 16.3. The van der Waals surface area contributed by atoms with Gasteiger partial charge in [-0.2, -0.15) is 15.1 Å². The van der Waals surface area contributed by atoms with Crippen molar-refractivity contribution in [2.45, 2.75) is 25.7 Å². The third-order valence-electron chi connectivity index (χ3n) is 6.48. The summed E-state index contributed by atoms with van der Waals surface area (Å²) in [6.07, 6.45) is 2.30. The Morgan fingerprint density at radius 1 is 1.06 bits per heavy atom. The van der Waals surface area contributed by atoms with Gasteiger partial charge in [0, 0.05) is 67.1 Å². The zero-order chi connectivity index (χ0) is 24.1. The molecule has 0 amide bonds. The first kappa shape index (κ1) is 21.8. The number of aromatic amines is 2. The van der Waals surface area contributed by atoms with Gasteiger partial charge in [-0.05, 0) is 32.9 Å². The van der Waals surface area contributed by atoms with Crippen LogP contribution in [-0.2, 0) is 0 Å². The number of piperazine rings is 1. The number of halogens is 2. The number of hydrogen-bond donors (Lipinski definition) is 3. The normalized spacial score (nSPS) is 16.7. The summed E-state index contributed by atoms with van der Waals surface area (Å²) in [6, 6.07) is 6.40. The molecule has 1 aliphatic carbocycles. The summed E-state index contributed by atoms with van der Waals surface area (Å²) < 4.78 is 35.7. The number of aromatic nitrogens is 5. The van der Waals surface area contributed by atoms with Gasteiger partial charge >= 0.3 is 0 Å². The van der Waals surface area contributed by atoms with Crippen LogP contribution in [-0.4, -0.2) is 63.3 Å². The Balaban J connectivity index is 1.35. The molecule has 2 aliphatic rings. The Hall–Kier alpha value is -3.73. The van der Waals surface area contributed by atoms with Gasteiger partial charge in [-0.25, -0.2) is 8.78 Å². The van der Waals surface area contributed by atoms with Gasteiger partial charge in [0.2, 0.25) is 17.6 Å². The molecule has 11 heteroatoms. The van der Waals surface area contributed by atoms with Gasteiger partial charge in [0.05, 0.1) is 5.52 Å². The number of ether oxygens (including phenoxy) is 1. The van der Waals surface area contributed by atoms with Crippen molar-refractivity contribution in [3.05, 3.63) is 47.3 Å². The van der Waals surface area contributed by atoms with Crippen LogP contribution in [0.3, 0.4) is 0 Å². The van der Waals surface area contributed by atoms with Gasteiger partial charge in [0.15, 0.2) is 17.5 Å². The molecule has 3 N–H and O–H groups in total. The highest BCUT2D eigenvalue weighted by molar-refractivity contribution is 5.83. The number of nitrogens with one attached hydrogen (secondary N) is 3. The highest BCUT2D eigenvalue weighted by Gasteiger charge is 2.26. The lowest BCUT2D eigenvalue weighted by atomic mass is 10.2. The van der Waals surface area contributed by atoms with E-state index in [2.05, 4.69) is 47.3 Å².